The maximum atomic E-state index is 13.3. The Morgan fingerprint density at radius 3 is 2.72 bits per heavy atom. The molecule has 32 heavy (non-hydrogen) atoms. The maximum Gasteiger partial charge on any atom is 0.257 e. The molecule has 0 saturated carbocycles. The smallest absolute Gasteiger partial charge is 0.257 e. The highest BCUT2D eigenvalue weighted by Crippen LogP contribution is 2.44. The fourth-order valence-electron chi connectivity index (χ4n) is 5.33. The van der Waals surface area contributed by atoms with Crippen molar-refractivity contribution in [1.82, 2.24) is 4.90 Å². The van der Waals surface area contributed by atoms with Crippen LogP contribution in [0.2, 0.25) is 0 Å². The molecule has 0 aromatic heterocycles. The van der Waals surface area contributed by atoms with E-state index in [0.29, 0.717) is 24.1 Å². The average Bonchev–Trinajstić information content (AvgIpc) is 3.33. The van der Waals surface area contributed by atoms with E-state index in [0.717, 1.165) is 25.2 Å². The lowest BCUT2D eigenvalue weighted by Crippen LogP contribution is -2.62. The van der Waals surface area contributed by atoms with Gasteiger partial charge in [-0.15, -0.1) is 0 Å². The number of nitrogens with one attached hydrogen (secondary N) is 1. The van der Waals surface area contributed by atoms with Crippen LogP contribution in [0.15, 0.2) is 42.5 Å². The van der Waals surface area contributed by atoms with Crippen LogP contribution in [0.25, 0.3) is 0 Å². The first-order chi connectivity index (χ1) is 15.4. The lowest BCUT2D eigenvalue weighted by Gasteiger charge is -2.48. The first-order valence-corrected chi connectivity index (χ1v) is 11.3. The summed E-state index contributed by atoms with van der Waals surface area (Å²) >= 11 is 0. The number of carbonyl (C=O) groups is 3. The van der Waals surface area contributed by atoms with E-state index in [1.165, 1.54) is 11.3 Å². The van der Waals surface area contributed by atoms with Gasteiger partial charge in [-0.2, -0.15) is 0 Å². The molecule has 1 fully saturated rings. The van der Waals surface area contributed by atoms with Crippen molar-refractivity contribution in [3.05, 3.63) is 53.6 Å². The monoisotopic (exact) mass is 432 g/mol. The van der Waals surface area contributed by atoms with Crippen molar-refractivity contribution in [2.45, 2.75) is 45.2 Å². The molecule has 7 nitrogen and oxygen atoms in total. The number of benzene rings is 2. The molecule has 3 aliphatic heterocycles. The van der Waals surface area contributed by atoms with Gasteiger partial charge in [0.15, 0.2) is 0 Å². The van der Waals surface area contributed by atoms with Crippen molar-refractivity contribution >= 4 is 34.8 Å². The minimum absolute atomic E-state index is 0.0144. The second-order valence-electron chi connectivity index (χ2n) is 8.89. The molecule has 7 heteroatoms. The second-order valence-corrected chi connectivity index (χ2v) is 8.89. The summed E-state index contributed by atoms with van der Waals surface area (Å²) in [6.07, 6.45) is 2.15. The molecule has 0 radical (unpaired) electrons. The molecule has 1 unspecified atom stereocenters. The van der Waals surface area contributed by atoms with Crippen molar-refractivity contribution in [2.24, 2.45) is 0 Å². The van der Waals surface area contributed by atoms with Gasteiger partial charge < -0.3 is 15.1 Å². The van der Waals surface area contributed by atoms with E-state index in [2.05, 4.69) is 23.2 Å². The second kappa shape index (κ2) is 7.65. The van der Waals surface area contributed by atoms with Crippen LogP contribution in [0.1, 0.15) is 49.0 Å². The Kier molecular flexibility index (Phi) is 4.92. The summed E-state index contributed by atoms with van der Waals surface area (Å²) in [7, 11) is 0. The van der Waals surface area contributed by atoms with Gasteiger partial charge in [0.1, 0.15) is 5.66 Å². The summed E-state index contributed by atoms with van der Waals surface area (Å²) in [4.78, 5) is 44.5. The third-order valence-electron chi connectivity index (χ3n) is 7.05. The summed E-state index contributed by atoms with van der Waals surface area (Å²) < 4.78 is 0. The van der Waals surface area contributed by atoms with Gasteiger partial charge >= 0.3 is 0 Å². The van der Waals surface area contributed by atoms with E-state index < -0.39 is 5.66 Å². The van der Waals surface area contributed by atoms with Crippen molar-refractivity contribution in [3.63, 3.8) is 0 Å². The third-order valence-corrected chi connectivity index (χ3v) is 7.05. The summed E-state index contributed by atoms with van der Waals surface area (Å²) in [5, 5.41) is 2.99. The molecule has 3 amide bonds. The molecular formula is C25H28N4O3. The standard InChI is InChI=1S/C25H28N4O3/c1-3-27-14-11-17-8-9-18(16-21(17)27)26-22(30)12-15-28-24(32)19-6-4-5-7-20(19)29-23(31)10-13-25(28,29)2/h4-9,16H,3,10-15H2,1-2H3,(H,26,30). The van der Waals surface area contributed by atoms with E-state index in [4.69, 9.17) is 0 Å². The lowest BCUT2D eigenvalue weighted by molar-refractivity contribution is -0.117. The van der Waals surface area contributed by atoms with Crippen LogP contribution in [0.3, 0.4) is 0 Å². The molecule has 1 atom stereocenters. The van der Waals surface area contributed by atoms with Crippen molar-refractivity contribution in [3.8, 4) is 0 Å². The Morgan fingerprint density at radius 1 is 1.09 bits per heavy atom. The molecule has 0 aliphatic carbocycles. The zero-order chi connectivity index (χ0) is 22.5. The van der Waals surface area contributed by atoms with Gasteiger partial charge in [-0.25, -0.2) is 0 Å². The number of para-hydroxylation sites is 1. The van der Waals surface area contributed by atoms with Crippen LogP contribution in [0.4, 0.5) is 17.1 Å². The quantitative estimate of drug-likeness (QED) is 0.786. The first kappa shape index (κ1) is 20.5. The number of fused-ring (bicyclic) bond motifs is 4. The Hall–Kier alpha value is -3.35. The van der Waals surface area contributed by atoms with Crippen LogP contribution in [0.5, 0.6) is 0 Å². The van der Waals surface area contributed by atoms with Crippen molar-refractivity contribution in [2.75, 3.05) is 34.8 Å². The molecule has 5 rings (SSSR count). The summed E-state index contributed by atoms with van der Waals surface area (Å²) in [5.41, 5.74) is 3.70. The molecule has 1 saturated heterocycles. The highest BCUT2D eigenvalue weighted by atomic mass is 16.2. The lowest BCUT2D eigenvalue weighted by atomic mass is 9.98. The zero-order valence-electron chi connectivity index (χ0n) is 18.6. The fourth-order valence-corrected chi connectivity index (χ4v) is 5.33. The Bertz CT molecular complexity index is 1110. The summed E-state index contributed by atoms with van der Waals surface area (Å²) in [6, 6.07) is 13.3. The Labute approximate surface area is 188 Å². The highest BCUT2D eigenvalue weighted by molar-refractivity contribution is 6.10. The number of rotatable bonds is 5. The fraction of sp³-hybridized carbons (Fsp3) is 0.400. The largest absolute Gasteiger partial charge is 0.371 e. The first-order valence-electron chi connectivity index (χ1n) is 11.3. The van der Waals surface area contributed by atoms with Gasteiger partial charge in [0.2, 0.25) is 11.8 Å². The third kappa shape index (κ3) is 3.15. The van der Waals surface area contributed by atoms with E-state index in [-0.39, 0.29) is 30.7 Å². The predicted molar refractivity (Wildman–Crippen MR) is 124 cm³/mol. The van der Waals surface area contributed by atoms with E-state index in [9.17, 15) is 14.4 Å². The maximum absolute atomic E-state index is 13.3. The molecule has 3 aliphatic rings. The number of carbonyl (C=O) groups excluding carboxylic acids is 3. The molecule has 0 spiro atoms. The molecule has 166 valence electrons. The number of anilines is 3. The van der Waals surface area contributed by atoms with Crippen molar-refractivity contribution in [1.29, 1.82) is 0 Å². The Balaban J connectivity index is 1.32. The molecule has 2 aromatic rings. The number of likely N-dealkylation sites (N-methyl/N-ethyl adjacent to an activating group) is 1. The molecule has 1 N–H and O–H groups in total. The Morgan fingerprint density at radius 2 is 1.91 bits per heavy atom. The SMILES string of the molecule is CCN1CCc2ccc(NC(=O)CCN3C(=O)c4ccccc4N4C(=O)CCC34C)cc21. The molecule has 3 heterocycles. The minimum Gasteiger partial charge on any atom is -0.371 e. The van der Waals surface area contributed by atoms with E-state index >= 15 is 0 Å². The molecule has 0 bridgehead atoms. The van der Waals surface area contributed by atoms with Crippen LogP contribution in [0, 0.1) is 0 Å². The number of hydrogen-bond donors (Lipinski definition) is 1. The van der Waals surface area contributed by atoms with E-state index in [1.54, 1.807) is 21.9 Å². The normalized spacial score (nSPS) is 21.5. The average molecular weight is 433 g/mol. The van der Waals surface area contributed by atoms with Crippen LogP contribution in [-0.4, -0.2) is 47.9 Å². The number of hydrogen-bond acceptors (Lipinski definition) is 4. The van der Waals surface area contributed by atoms with Crippen LogP contribution >= 0.6 is 0 Å². The summed E-state index contributed by atoms with van der Waals surface area (Å²) in [5.74, 6) is -0.254. The van der Waals surface area contributed by atoms with Gasteiger partial charge in [-0.05, 0) is 56.5 Å². The van der Waals surface area contributed by atoms with Gasteiger partial charge in [0.05, 0.1) is 11.3 Å². The topological polar surface area (TPSA) is 73.0 Å². The number of amides is 3. The van der Waals surface area contributed by atoms with Gasteiger partial charge in [0.25, 0.3) is 5.91 Å². The zero-order valence-corrected chi connectivity index (χ0v) is 18.6. The van der Waals surface area contributed by atoms with Crippen LogP contribution in [-0.2, 0) is 16.0 Å². The molecular weight excluding hydrogens is 404 g/mol. The minimum atomic E-state index is -0.738. The van der Waals surface area contributed by atoms with E-state index in [1.807, 2.05) is 31.2 Å². The van der Waals surface area contributed by atoms with Crippen LogP contribution < -0.4 is 15.1 Å². The van der Waals surface area contributed by atoms with Crippen molar-refractivity contribution < 1.29 is 14.4 Å². The van der Waals surface area contributed by atoms with Gasteiger partial charge in [0, 0.05) is 43.9 Å². The molecule has 2 aromatic carbocycles. The van der Waals surface area contributed by atoms with Gasteiger partial charge in [-0.3, -0.25) is 19.3 Å². The predicted octanol–water partition coefficient (Wildman–Crippen LogP) is 3.40. The highest BCUT2D eigenvalue weighted by Gasteiger charge is 2.52. The summed E-state index contributed by atoms with van der Waals surface area (Å²) in [6.45, 7) is 6.26. The van der Waals surface area contributed by atoms with Gasteiger partial charge in [-0.1, -0.05) is 18.2 Å². The number of nitrogens with zero attached hydrogens (tertiary/aromatic N) is 3.